The van der Waals surface area contributed by atoms with Crippen LogP contribution in [0.5, 0.6) is 11.5 Å². The van der Waals surface area contributed by atoms with Crippen molar-refractivity contribution in [1.82, 2.24) is 14.9 Å². The molecule has 3 rings (SSSR count). The SMILES string of the molecule is COc1cc(OC)cc(N2CCC(N(C)C(=O)Cc3c(N)nc(C)[nH]c3=O)C2)c1. The second-order valence-corrected chi connectivity index (χ2v) is 7.16. The average Bonchev–Trinajstić information content (AvgIpc) is 3.19. The van der Waals surface area contributed by atoms with Crippen molar-refractivity contribution in [2.24, 2.45) is 0 Å². The van der Waals surface area contributed by atoms with Crippen molar-refractivity contribution in [2.75, 3.05) is 45.0 Å². The number of rotatable bonds is 6. The van der Waals surface area contributed by atoms with Crippen LogP contribution in [0, 0.1) is 6.92 Å². The molecule has 0 bridgehead atoms. The van der Waals surface area contributed by atoms with Gasteiger partial charge >= 0.3 is 0 Å². The molecule has 1 fully saturated rings. The summed E-state index contributed by atoms with van der Waals surface area (Å²) in [6, 6.07) is 5.75. The Labute approximate surface area is 169 Å². The number of likely N-dealkylation sites (N-methyl/N-ethyl adjacent to an activating group) is 1. The van der Waals surface area contributed by atoms with Gasteiger partial charge in [0.15, 0.2) is 0 Å². The van der Waals surface area contributed by atoms with Crippen molar-refractivity contribution in [3.63, 3.8) is 0 Å². The Morgan fingerprint density at radius 1 is 1.31 bits per heavy atom. The van der Waals surface area contributed by atoms with Gasteiger partial charge in [-0.05, 0) is 13.3 Å². The lowest BCUT2D eigenvalue weighted by Gasteiger charge is -2.26. The van der Waals surface area contributed by atoms with Crippen molar-refractivity contribution in [3.05, 3.63) is 39.9 Å². The first kappa shape index (κ1) is 20.5. The quantitative estimate of drug-likeness (QED) is 0.741. The zero-order valence-electron chi connectivity index (χ0n) is 17.2. The van der Waals surface area contributed by atoms with Gasteiger partial charge in [-0.25, -0.2) is 4.98 Å². The third-order valence-electron chi connectivity index (χ3n) is 5.30. The molecule has 156 valence electrons. The number of methoxy groups -OCH3 is 2. The minimum Gasteiger partial charge on any atom is -0.497 e. The van der Waals surface area contributed by atoms with E-state index in [0.717, 1.165) is 18.7 Å². The topological polar surface area (TPSA) is 114 Å². The van der Waals surface area contributed by atoms with E-state index < -0.39 is 0 Å². The number of nitrogens with one attached hydrogen (secondary N) is 1. The van der Waals surface area contributed by atoms with Crippen molar-refractivity contribution >= 4 is 17.4 Å². The summed E-state index contributed by atoms with van der Waals surface area (Å²) in [5.41, 5.74) is 6.66. The van der Waals surface area contributed by atoms with Gasteiger partial charge in [0.25, 0.3) is 5.56 Å². The number of nitrogens with zero attached hydrogens (tertiary/aromatic N) is 3. The van der Waals surface area contributed by atoms with E-state index in [4.69, 9.17) is 15.2 Å². The van der Waals surface area contributed by atoms with Crippen molar-refractivity contribution in [2.45, 2.75) is 25.8 Å². The van der Waals surface area contributed by atoms with Crippen LogP contribution in [0.25, 0.3) is 0 Å². The molecule has 0 saturated carbocycles. The van der Waals surface area contributed by atoms with Gasteiger partial charge in [-0.3, -0.25) is 9.59 Å². The number of anilines is 2. The Morgan fingerprint density at radius 2 is 1.97 bits per heavy atom. The number of nitrogen functional groups attached to an aromatic ring is 1. The first-order chi connectivity index (χ1) is 13.8. The molecule has 2 heterocycles. The molecular weight excluding hydrogens is 374 g/mol. The number of hydrogen-bond acceptors (Lipinski definition) is 7. The van der Waals surface area contributed by atoms with Gasteiger partial charge in [0, 0.05) is 44.0 Å². The molecule has 1 unspecified atom stereocenters. The van der Waals surface area contributed by atoms with Crippen LogP contribution < -0.4 is 25.7 Å². The summed E-state index contributed by atoms with van der Waals surface area (Å²) >= 11 is 0. The van der Waals surface area contributed by atoms with Crippen LogP contribution in [-0.4, -0.2) is 61.2 Å². The number of nitrogens with two attached hydrogens (primary N) is 1. The lowest BCUT2D eigenvalue weighted by atomic mass is 10.1. The van der Waals surface area contributed by atoms with Crippen LogP contribution in [0.1, 0.15) is 17.8 Å². The van der Waals surface area contributed by atoms with Gasteiger partial charge in [-0.2, -0.15) is 0 Å². The fourth-order valence-corrected chi connectivity index (χ4v) is 3.55. The maximum atomic E-state index is 12.8. The lowest BCUT2D eigenvalue weighted by Crippen LogP contribution is -2.40. The van der Waals surface area contributed by atoms with Crippen LogP contribution in [-0.2, 0) is 11.2 Å². The number of hydrogen-bond donors (Lipinski definition) is 2. The summed E-state index contributed by atoms with van der Waals surface area (Å²) in [4.78, 5) is 35.4. The molecule has 0 radical (unpaired) electrons. The highest BCUT2D eigenvalue weighted by Crippen LogP contribution is 2.31. The molecule has 0 aliphatic carbocycles. The maximum Gasteiger partial charge on any atom is 0.256 e. The standard InChI is InChI=1S/C20H27N5O4/c1-12-22-19(21)17(20(27)23-12)10-18(26)24(2)13-5-6-25(11-13)14-7-15(28-3)9-16(8-14)29-4/h7-9,13H,5-6,10-11H2,1-4H3,(H3,21,22,23,27). The molecule has 3 N–H and O–H groups in total. The number of carbonyl (C=O) groups excluding carboxylic acids is 1. The number of aryl methyl sites for hydroxylation is 1. The van der Waals surface area contributed by atoms with Crippen molar-refractivity contribution < 1.29 is 14.3 Å². The summed E-state index contributed by atoms with van der Waals surface area (Å²) in [6.07, 6.45) is 0.744. The number of carbonyl (C=O) groups is 1. The second-order valence-electron chi connectivity index (χ2n) is 7.16. The molecular formula is C20H27N5O4. The molecule has 29 heavy (non-hydrogen) atoms. The summed E-state index contributed by atoms with van der Waals surface area (Å²) < 4.78 is 10.7. The molecule has 1 amide bonds. The third kappa shape index (κ3) is 4.44. The normalized spacial score (nSPS) is 16.0. The van der Waals surface area contributed by atoms with E-state index >= 15 is 0 Å². The average molecular weight is 401 g/mol. The molecule has 0 spiro atoms. The highest BCUT2D eigenvalue weighted by Gasteiger charge is 2.29. The molecule has 9 heteroatoms. The highest BCUT2D eigenvalue weighted by atomic mass is 16.5. The smallest absolute Gasteiger partial charge is 0.256 e. The molecule has 1 aromatic carbocycles. The first-order valence-electron chi connectivity index (χ1n) is 9.41. The number of ether oxygens (including phenoxy) is 2. The van der Waals surface area contributed by atoms with E-state index in [1.165, 1.54) is 0 Å². The maximum absolute atomic E-state index is 12.8. The van der Waals surface area contributed by atoms with Crippen LogP contribution in [0.3, 0.4) is 0 Å². The molecule has 2 aromatic rings. The minimum atomic E-state index is -0.367. The fourth-order valence-electron chi connectivity index (χ4n) is 3.55. The predicted molar refractivity (Wildman–Crippen MR) is 111 cm³/mol. The monoisotopic (exact) mass is 401 g/mol. The van der Waals surface area contributed by atoms with E-state index in [2.05, 4.69) is 14.9 Å². The van der Waals surface area contributed by atoms with E-state index in [-0.39, 0.29) is 35.3 Å². The van der Waals surface area contributed by atoms with E-state index in [9.17, 15) is 9.59 Å². The van der Waals surface area contributed by atoms with Crippen LogP contribution in [0.4, 0.5) is 11.5 Å². The van der Waals surface area contributed by atoms with Crippen molar-refractivity contribution in [1.29, 1.82) is 0 Å². The van der Waals surface area contributed by atoms with E-state index in [1.54, 1.807) is 33.1 Å². The van der Waals surface area contributed by atoms with Crippen LogP contribution in [0.2, 0.25) is 0 Å². The van der Waals surface area contributed by atoms with Crippen molar-refractivity contribution in [3.8, 4) is 11.5 Å². The Hall–Kier alpha value is -3.23. The van der Waals surface area contributed by atoms with E-state index in [0.29, 0.717) is 23.9 Å². The summed E-state index contributed by atoms with van der Waals surface area (Å²) in [7, 11) is 4.99. The summed E-state index contributed by atoms with van der Waals surface area (Å²) in [6.45, 7) is 3.13. The molecule has 9 nitrogen and oxygen atoms in total. The Bertz CT molecular complexity index is 936. The number of amides is 1. The number of aromatic nitrogens is 2. The van der Waals surface area contributed by atoms with Gasteiger partial charge < -0.3 is 30.0 Å². The Morgan fingerprint density at radius 3 is 2.55 bits per heavy atom. The summed E-state index contributed by atoms with van der Waals surface area (Å²) in [5, 5.41) is 0. The van der Waals surface area contributed by atoms with Gasteiger partial charge in [0.05, 0.1) is 32.2 Å². The first-order valence-corrected chi connectivity index (χ1v) is 9.41. The zero-order chi connectivity index (χ0) is 21.1. The second kappa shape index (κ2) is 8.42. The van der Waals surface area contributed by atoms with Gasteiger partial charge in [-0.1, -0.05) is 0 Å². The molecule has 1 saturated heterocycles. The highest BCUT2D eigenvalue weighted by molar-refractivity contribution is 5.80. The largest absolute Gasteiger partial charge is 0.497 e. The van der Waals surface area contributed by atoms with Crippen LogP contribution in [0.15, 0.2) is 23.0 Å². The van der Waals surface area contributed by atoms with E-state index in [1.807, 2.05) is 18.2 Å². The molecule has 1 atom stereocenters. The molecule has 1 aromatic heterocycles. The summed E-state index contributed by atoms with van der Waals surface area (Å²) in [5.74, 6) is 1.80. The molecule has 1 aliphatic heterocycles. The van der Waals surface area contributed by atoms with Gasteiger partial charge in [0.2, 0.25) is 5.91 Å². The third-order valence-corrected chi connectivity index (χ3v) is 5.30. The van der Waals surface area contributed by atoms with Crippen LogP contribution >= 0.6 is 0 Å². The van der Waals surface area contributed by atoms with Gasteiger partial charge in [0.1, 0.15) is 23.1 Å². The number of aromatic amines is 1. The minimum absolute atomic E-state index is 0.0263. The number of H-pyrrole nitrogens is 1. The van der Waals surface area contributed by atoms with Gasteiger partial charge in [-0.15, -0.1) is 0 Å². The number of benzene rings is 1. The lowest BCUT2D eigenvalue weighted by molar-refractivity contribution is -0.130. The predicted octanol–water partition coefficient (Wildman–Crippen LogP) is 0.958. The Balaban J connectivity index is 1.70. The Kier molecular flexibility index (Phi) is 5.95. The zero-order valence-corrected chi connectivity index (χ0v) is 17.2. The molecule has 1 aliphatic rings. The fraction of sp³-hybridized carbons (Fsp3) is 0.450.